The Morgan fingerprint density at radius 1 is 1.18 bits per heavy atom. The molecule has 4 heterocycles. The predicted molar refractivity (Wildman–Crippen MR) is 145 cm³/mol. The zero-order chi connectivity index (χ0) is 32.2. The Morgan fingerprint density at radius 3 is 2.55 bits per heavy atom. The molecule has 0 bridgehead atoms. The van der Waals surface area contributed by atoms with Gasteiger partial charge in [-0.05, 0) is 24.6 Å². The molecule has 7 unspecified atom stereocenters. The molecule has 0 spiro atoms. The number of imidazole rings is 1. The fourth-order valence-corrected chi connectivity index (χ4v) is 8.36. The van der Waals surface area contributed by atoms with Gasteiger partial charge in [0.2, 0.25) is 0 Å². The highest BCUT2D eigenvalue weighted by atomic mass is 32.5. The molecular weight excluding hydrogens is 659 g/mol. The molecule has 2 aromatic rings. The molecule has 5 rings (SSSR count). The Kier molecular flexibility index (Phi) is 9.80. The fourth-order valence-electron chi connectivity index (χ4n) is 5.25. The Labute approximate surface area is 252 Å². The molecule has 2 aromatic heterocycles. The van der Waals surface area contributed by atoms with E-state index in [1.165, 1.54) is 10.9 Å². The lowest BCUT2D eigenvalue weighted by atomic mass is 9.90. The van der Waals surface area contributed by atoms with Crippen LogP contribution in [-0.2, 0) is 39.2 Å². The summed E-state index contributed by atoms with van der Waals surface area (Å²) in [5.41, 5.74) is 3.76. The molecule has 0 radical (unpaired) electrons. The molecule has 2 saturated heterocycles. The van der Waals surface area contributed by atoms with Gasteiger partial charge >= 0.3 is 14.5 Å². The van der Waals surface area contributed by atoms with Crippen molar-refractivity contribution in [1.29, 1.82) is 0 Å². The van der Waals surface area contributed by atoms with Gasteiger partial charge in [-0.3, -0.25) is 9.09 Å². The van der Waals surface area contributed by atoms with Crippen LogP contribution in [0, 0.1) is 11.8 Å². The van der Waals surface area contributed by atoms with Crippen LogP contribution < -0.4 is 5.73 Å². The van der Waals surface area contributed by atoms with Gasteiger partial charge in [-0.25, -0.2) is 28.2 Å². The number of hydrogen-bond acceptors (Lipinski definition) is 17. The van der Waals surface area contributed by atoms with Gasteiger partial charge in [0, 0.05) is 11.8 Å². The number of ether oxygens (including phenoxy) is 2. The number of aromatic nitrogens is 4. The average Bonchev–Trinajstić information content (AvgIpc) is 3.70. The van der Waals surface area contributed by atoms with E-state index in [1.54, 1.807) is 0 Å². The summed E-state index contributed by atoms with van der Waals surface area (Å²) in [7, 11) is -5.46. The van der Waals surface area contributed by atoms with Crippen molar-refractivity contribution in [2.45, 2.75) is 67.7 Å². The third kappa shape index (κ3) is 6.56. The molecule has 1 saturated carbocycles. The first-order valence-electron chi connectivity index (χ1n) is 13.2. The lowest BCUT2D eigenvalue weighted by Gasteiger charge is -2.29. The SMILES string of the molecule is Nc1ncnc2c1ncn2[C@@H]1O[C@H](COP(O)(=S)OP(=O)(O)OC2OCC([C@@H](O)CO)C(O)C(O)C2O)[C@@H](O)[C@]1(F)C1CC1. The van der Waals surface area contributed by atoms with Gasteiger partial charge in [0.05, 0.1) is 38.4 Å². The maximum absolute atomic E-state index is 16.5. The number of phosphoric acid groups is 1. The first kappa shape index (κ1) is 34.0. The van der Waals surface area contributed by atoms with Crippen LogP contribution in [0.2, 0.25) is 0 Å². The van der Waals surface area contributed by atoms with Crippen molar-refractivity contribution < 1.29 is 72.2 Å². The summed E-state index contributed by atoms with van der Waals surface area (Å²) in [4.78, 5) is 32.7. The lowest BCUT2D eigenvalue weighted by molar-refractivity contribution is -0.173. The molecule has 12 atom stereocenters. The Bertz CT molecular complexity index is 1440. The molecule has 19 nitrogen and oxygen atoms in total. The molecule has 0 amide bonds. The zero-order valence-electron chi connectivity index (χ0n) is 22.5. The number of nitrogen functional groups attached to an aromatic ring is 1. The van der Waals surface area contributed by atoms with Gasteiger partial charge in [-0.2, -0.15) is 0 Å². The summed E-state index contributed by atoms with van der Waals surface area (Å²) in [6.07, 6.45) is -11.3. The quantitative estimate of drug-likeness (QED) is 0.111. The number of fused-ring (bicyclic) bond motifs is 1. The summed E-state index contributed by atoms with van der Waals surface area (Å²) in [5, 5.41) is 60.6. The smallest absolute Gasteiger partial charge is 0.394 e. The second-order valence-electron chi connectivity index (χ2n) is 10.7. The monoisotopic (exact) mass is 691 g/mol. The first-order valence-corrected chi connectivity index (χ1v) is 17.3. The Hall–Kier alpha value is -1.36. The molecule has 248 valence electrons. The van der Waals surface area contributed by atoms with E-state index in [0.717, 1.165) is 6.33 Å². The normalized spacial score (nSPS) is 38.2. The highest BCUT2D eigenvalue weighted by Crippen LogP contribution is 2.62. The van der Waals surface area contributed by atoms with E-state index in [0.29, 0.717) is 12.8 Å². The molecule has 1 aliphatic carbocycles. The van der Waals surface area contributed by atoms with E-state index in [9.17, 15) is 39.9 Å². The van der Waals surface area contributed by atoms with Crippen LogP contribution in [0.25, 0.3) is 11.2 Å². The van der Waals surface area contributed by atoms with Crippen LogP contribution in [0.15, 0.2) is 12.7 Å². The van der Waals surface area contributed by atoms with Gasteiger partial charge in [0.15, 0.2) is 29.7 Å². The van der Waals surface area contributed by atoms with Crippen molar-refractivity contribution in [2.24, 2.45) is 11.8 Å². The van der Waals surface area contributed by atoms with Crippen LogP contribution in [0.1, 0.15) is 19.1 Å². The van der Waals surface area contributed by atoms with Crippen molar-refractivity contribution in [1.82, 2.24) is 19.5 Å². The topological polar surface area (TPSA) is 295 Å². The number of aliphatic hydroxyl groups is 6. The van der Waals surface area contributed by atoms with Gasteiger partial charge in [-0.1, -0.05) is 0 Å². The average molecular weight is 692 g/mol. The maximum atomic E-state index is 16.5. The standard InChI is InChI=1S/C21H32FN5O14P2S/c22-21(8-1-2-8)16(33)11(39-20(21)27-7-26-12-17(23)24-6-25-18(12)27)5-38-43(36,44)41-42(34,35)40-19-15(32)14(31)13(30)9(4-37-19)10(29)3-28/h6-11,13-16,19-20,28-33H,1-5H2,(H,34,35)(H,36,44)(H2,23,24,25)/t9?,10-,11+,13?,14?,15?,16+,19?,20+,21+,43?/m0/s1. The van der Waals surface area contributed by atoms with E-state index in [2.05, 4.69) is 19.3 Å². The number of aliphatic hydroxyl groups excluding tert-OH is 6. The zero-order valence-corrected chi connectivity index (χ0v) is 25.1. The summed E-state index contributed by atoms with van der Waals surface area (Å²) in [5.74, 6) is -1.90. The third-order valence-corrected chi connectivity index (χ3v) is 11.2. The van der Waals surface area contributed by atoms with Crippen molar-refractivity contribution in [2.75, 3.05) is 25.6 Å². The minimum atomic E-state index is -5.46. The van der Waals surface area contributed by atoms with Crippen LogP contribution in [0.5, 0.6) is 0 Å². The number of nitrogens with two attached hydrogens (primary N) is 1. The van der Waals surface area contributed by atoms with Crippen molar-refractivity contribution in [3.05, 3.63) is 12.7 Å². The largest absolute Gasteiger partial charge is 0.481 e. The molecule has 10 N–H and O–H groups in total. The van der Waals surface area contributed by atoms with Gasteiger partial charge in [0.1, 0.15) is 36.3 Å². The first-order chi connectivity index (χ1) is 20.6. The van der Waals surface area contributed by atoms with Crippen LogP contribution in [-0.4, -0.2) is 128 Å². The molecule has 3 aliphatic rings. The van der Waals surface area contributed by atoms with Crippen molar-refractivity contribution in [3.8, 4) is 0 Å². The number of nitrogens with zero attached hydrogens (tertiary/aromatic N) is 4. The molecule has 2 aliphatic heterocycles. The predicted octanol–water partition coefficient (Wildman–Crippen LogP) is -2.44. The van der Waals surface area contributed by atoms with E-state index in [4.69, 9.17) is 41.2 Å². The minimum absolute atomic E-state index is 0.0341. The van der Waals surface area contributed by atoms with E-state index in [-0.39, 0.29) is 17.0 Å². The highest BCUT2D eigenvalue weighted by molar-refractivity contribution is 8.08. The van der Waals surface area contributed by atoms with Crippen LogP contribution >= 0.6 is 14.5 Å². The van der Waals surface area contributed by atoms with Crippen molar-refractivity contribution in [3.63, 3.8) is 0 Å². The van der Waals surface area contributed by atoms with Crippen LogP contribution in [0.3, 0.4) is 0 Å². The third-order valence-electron chi connectivity index (χ3n) is 7.73. The second-order valence-corrected chi connectivity index (χ2v) is 15.0. The molecular formula is C21H32FN5O14P2S. The van der Waals surface area contributed by atoms with E-state index in [1.807, 2.05) is 0 Å². The number of rotatable bonds is 11. The van der Waals surface area contributed by atoms with E-state index < -0.39 is 101 Å². The van der Waals surface area contributed by atoms with Crippen molar-refractivity contribution >= 4 is 43.3 Å². The van der Waals surface area contributed by atoms with Gasteiger partial charge in [0.25, 0.3) is 0 Å². The number of hydrogen-bond donors (Lipinski definition) is 9. The van der Waals surface area contributed by atoms with Gasteiger partial charge in [-0.15, -0.1) is 0 Å². The van der Waals surface area contributed by atoms with Gasteiger partial charge < -0.3 is 60.2 Å². The van der Waals surface area contributed by atoms with Crippen LogP contribution in [0.4, 0.5) is 10.2 Å². The molecule has 23 heteroatoms. The molecule has 44 heavy (non-hydrogen) atoms. The highest BCUT2D eigenvalue weighted by Gasteiger charge is 2.65. The summed E-state index contributed by atoms with van der Waals surface area (Å²) in [6, 6.07) is 0. The Balaban J connectivity index is 1.25. The number of alkyl halides is 1. The number of anilines is 1. The maximum Gasteiger partial charge on any atom is 0.481 e. The van der Waals surface area contributed by atoms with E-state index >= 15 is 4.39 Å². The number of halogens is 1. The summed E-state index contributed by atoms with van der Waals surface area (Å²) < 4.78 is 55.7. The molecule has 3 fully saturated rings. The number of phosphoric ester groups is 1. The summed E-state index contributed by atoms with van der Waals surface area (Å²) >= 11 is 4.79. The minimum Gasteiger partial charge on any atom is -0.394 e. The lowest BCUT2D eigenvalue weighted by Crippen LogP contribution is -2.47. The summed E-state index contributed by atoms with van der Waals surface area (Å²) in [6.45, 7) is -7.03. The Morgan fingerprint density at radius 2 is 1.89 bits per heavy atom. The molecule has 0 aromatic carbocycles. The fraction of sp³-hybridized carbons (Fsp3) is 0.762. The second kappa shape index (κ2) is 12.7.